The van der Waals surface area contributed by atoms with Crippen LogP contribution < -0.4 is 5.32 Å². The van der Waals surface area contributed by atoms with Gasteiger partial charge in [0, 0.05) is 0 Å². The highest BCUT2D eigenvalue weighted by Gasteiger charge is 2.26. The molecule has 6 heteroatoms. The summed E-state index contributed by atoms with van der Waals surface area (Å²) in [5.41, 5.74) is 1.36. The van der Waals surface area contributed by atoms with Crippen molar-refractivity contribution >= 4 is 5.69 Å². The first-order valence-electron chi connectivity index (χ1n) is 5.52. The van der Waals surface area contributed by atoms with Gasteiger partial charge in [0.15, 0.2) is 0 Å². The Morgan fingerprint density at radius 1 is 1.44 bits per heavy atom. The van der Waals surface area contributed by atoms with Crippen LogP contribution in [0.3, 0.4) is 0 Å². The van der Waals surface area contributed by atoms with Crippen LogP contribution in [0.1, 0.15) is 30.3 Å². The van der Waals surface area contributed by atoms with Crippen LogP contribution in [0.15, 0.2) is 0 Å². The van der Waals surface area contributed by atoms with Crippen molar-refractivity contribution < 1.29 is 4.92 Å². The number of nitrogens with one attached hydrogen (secondary N) is 1. The van der Waals surface area contributed by atoms with Gasteiger partial charge in [0.2, 0.25) is 0 Å². The lowest BCUT2D eigenvalue weighted by Gasteiger charge is -2.23. The summed E-state index contributed by atoms with van der Waals surface area (Å²) in [6, 6.07) is 0.300. The van der Waals surface area contributed by atoms with Crippen molar-refractivity contribution in [3.8, 4) is 0 Å². The van der Waals surface area contributed by atoms with E-state index in [1.807, 2.05) is 4.68 Å². The lowest BCUT2D eigenvalue weighted by molar-refractivity contribution is -0.386. The molecule has 1 N–H and O–H groups in total. The van der Waals surface area contributed by atoms with E-state index in [1.165, 1.54) is 0 Å². The van der Waals surface area contributed by atoms with Crippen LogP contribution in [0.25, 0.3) is 0 Å². The van der Waals surface area contributed by atoms with Gasteiger partial charge >= 0.3 is 5.69 Å². The largest absolute Gasteiger partial charge is 0.317 e. The van der Waals surface area contributed by atoms with E-state index in [0.29, 0.717) is 17.4 Å². The van der Waals surface area contributed by atoms with Crippen LogP contribution in [0.2, 0.25) is 0 Å². The van der Waals surface area contributed by atoms with Gasteiger partial charge in [-0.15, -0.1) is 0 Å². The van der Waals surface area contributed by atoms with Crippen LogP contribution in [0.5, 0.6) is 0 Å². The molecule has 0 radical (unpaired) electrons. The number of aryl methyl sites for hydroxylation is 1. The summed E-state index contributed by atoms with van der Waals surface area (Å²) in [4.78, 5) is 10.5. The van der Waals surface area contributed by atoms with Gasteiger partial charge in [-0.2, -0.15) is 5.10 Å². The second-order valence-corrected chi connectivity index (χ2v) is 4.20. The highest BCUT2D eigenvalue weighted by atomic mass is 16.6. The molecule has 88 valence electrons. The van der Waals surface area contributed by atoms with Crippen LogP contribution in [-0.4, -0.2) is 27.8 Å². The van der Waals surface area contributed by atoms with Crippen LogP contribution in [0.4, 0.5) is 5.69 Å². The van der Waals surface area contributed by atoms with Gasteiger partial charge in [-0.3, -0.25) is 14.8 Å². The molecule has 0 atom stereocenters. The standard InChI is InChI=1S/C10H16N4O2/c1-7-10(14(15)16)8(2)13(12-7)9-3-5-11-6-4-9/h9,11H,3-6H2,1-2H3. The zero-order valence-corrected chi connectivity index (χ0v) is 9.56. The first-order valence-corrected chi connectivity index (χ1v) is 5.52. The number of rotatable bonds is 2. The van der Waals surface area contributed by atoms with Crippen LogP contribution >= 0.6 is 0 Å². The van der Waals surface area contributed by atoms with Gasteiger partial charge in [-0.25, -0.2) is 0 Å². The fraction of sp³-hybridized carbons (Fsp3) is 0.700. The molecule has 6 nitrogen and oxygen atoms in total. The van der Waals surface area contributed by atoms with Gasteiger partial charge in [0.1, 0.15) is 11.4 Å². The van der Waals surface area contributed by atoms with Gasteiger partial charge in [-0.1, -0.05) is 0 Å². The fourth-order valence-electron chi connectivity index (χ4n) is 2.33. The summed E-state index contributed by atoms with van der Waals surface area (Å²) >= 11 is 0. The SMILES string of the molecule is Cc1nn(C2CCNCC2)c(C)c1[N+](=O)[O-]. The van der Waals surface area contributed by atoms with Gasteiger partial charge in [0.25, 0.3) is 0 Å². The first kappa shape index (κ1) is 11.1. The lowest BCUT2D eigenvalue weighted by atomic mass is 10.1. The Morgan fingerprint density at radius 3 is 2.56 bits per heavy atom. The van der Waals surface area contributed by atoms with Gasteiger partial charge in [0.05, 0.1) is 11.0 Å². The summed E-state index contributed by atoms with van der Waals surface area (Å²) in [6.07, 6.45) is 1.97. The van der Waals surface area contributed by atoms with E-state index in [9.17, 15) is 10.1 Å². The Kier molecular flexibility index (Phi) is 2.91. The molecule has 0 amide bonds. The van der Waals surface area contributed by atoms with E-state index >= 15 is 0 Å². The smallest absolute Gasteiger partial charge is 0.312 e. The minimum absolute atomic E-state index is 0.165. The van der Waals surface area contributed by atoms with Crippen molar-refractivity contribution in [3.05, 3.63) is 21.5 Å². The molecule has 1 aromatic rings. The van der Waals surface area contributed by atoms with Crippen molar-refractivity contribution in [1.29, 1.82) is 0 Å². The van der Waals surface area contributed by atoms with E-state index in [4.69, 9.17) is 0 Å². The summed E-state index contributed by atoms with van der Waals surface area (Å²) < 4.78 is 1.83. The lowest BCUT2D eigenvalue weighted by Crippen LogP contribution is -2.30. The third kappa shape index (κ3) is 1.80. The monoisotopic (exact) mass is 224 g/mol. The maximum absolute atomic E-state index is 10.9. The Bertz CT molecular complexity index is 407. The van der Waals surface area contributed by atoms with E-state index in [-0.39, 0.29) is 10.6 Å². The Labute approximate surface area is 93.8 Å². The molecule has 0 unspecified atom stereocenters. The summed E-state index contributed by atoms with van der Waals surface area (Å²) in [5.74, 6) is 0. The number of piperidine rings is 1. The molecular weight excluding hydrogens is 208 g/mol. The number of aromatic nitrogens is 2. The summed E-state index contributed by atoms with van der Waals surface area (Å²) in [5, 5.41) is 18.5. The van der Waals surface area contributed by atoms with Crippen LogP contribution in [0, 0.1) is 24.0 Å². The molecule has 2 rings (SSSR count). The van der Waals surface area contributed by atoms with Gasteiger partial charge < -0.3 is 5.32 Å². The molecule has 1 aromatic heterocycles. The van der Waals surface area contributed by atoms with E-state index in [2.05, 4.69) is 10.4 Å². The molecule has 0 aliphatic carbocycles. The van der Waals surface area contributed by atoms with Crippen molar-refractivity contribution in [2.75, 3.05) is 13.1 Å². The van der Waals surface area contributed by atoms with E-state index < -0.39 is 0 Å². The Morgan fingerprint density at radius 2 is 2.06 bits per heavy atom. The van der Waals surface area contributed by atoms with E-state index in [0.717, 1.165) is 25.9 Å². The number of nitro groups is 1. The number of hydrogen-bond acceptors (Lipinski definition) is 4. The summed E-state index contributed by atoms with van der Waals surface area (Å²) in [7, 11) is 0. The minimum Gasteiger partial charge on any atom is -0.317 e. The quantitative estimate of drug-likeness (QED) is 0.607. The van der Waals surface area contributed by atoms with E-state index in [1.54, 1.807) is 13.8 Å². The van der Waals surface area contributed by atoms with Crippen molar-refractivity contribution in [2.45, 2.75) is 32.7 Å². The van der Waals surface area contributed by atoms with Crippen molar-refractivity contribution in [3.63, 3.8) is 0 Å². The van der Waals surface area contributed by atoms with Crippen molar-refractivity contribution in [2.24, 2.45) is 0 Å². The molecule has 1 saturated heterocycles. The fourth-order valence-corrected chi connectivity index (χ4v) is 2.33. The molecular formula is C10H16N4O2. The molecule has 0 spiro atoms. The molecule has 1 fully saturated rings. The zero-order valence-electron chi connectivity index (χ0n) is 9.56. The molecule has 0 bridgehead atoms. The second kappa shape index (κ2) is 4.21. The number of nitrogens with zero attached hydrogens (tertiary/aromatic N) is 3. The Hall–Kier alpha value is -1.43. The second-order valence-electron chi connectivity index (χ2n) is 4.20. The topological polar surface area (TPSA) is 73.0 Å². The predicted octanol–water partition coefficient (Wildman–Crippen LogP) is 1.33. The zero-order chi connectivity index (χ0) is 11.7. The highest BCUT2D eigenvalue weighted by Crippen LogP contribution is 2.27. The molecule has 16 heavy (non-hydrogen) atoms. The van der Waals surface area contributed by atoms with Crippen LogP contribution in [-0.2, 0) is 0 Å². The third-order valence-corrected chi connectivity index (χ3v) is 3.12. The average molecular weight is 224 g/mol. The number of hydrogen-bond donors (Lipinski definition) is 1. The molecule has 0 saturated carbocycles. The molecule has 2 heterocycles. The summed E-state index contributed by atoms with van der Waals surface area (Å²) in [6.45, 7) is 5.39. The molecule has 1 aliphatic rings. The molecule has 1 aliphatic heterocycles. The average Bonchev–Trinajstić information content (AvgIpc) is 2.55. The molecule has 0 aromatic carbocycles. The first-order chi connectivity index (χ1) is 7.61. The maximum atomic E-state index is 10.9. The maximum Gasteiger partial charge on any atom is 0.312 e. The van der Waals surface area contributed by atoms with Gasteiger partial charge in [-0.05, 0) is 39.8 Å². The highest BCUT2D eigenvalue weighted by molar-refractivity contribution is 5.39. The predicted molar refractivity (Wildman–Crippen MR) is 59.5 cm³/mol. The third-order valence-electron chi connectivity index (χ3n) is 3.12. The van der Waals surface area contributed by atoms with Crippen molar-refractivity contribution in [1.82, 2.24) is 15.1 Å². The minimum atomic E-state index is -0.338. The Balaban J connectivity index is 2.34. The normalized spacial score (nSPS) is 17.6.